The van der Waals surface area contributed by atoms with Crippen molar-refractivity contribution >= 4 is 11.8 Å². The van der Waals surface area contributed by atoms with Gasteiger partial charge in [-0.1, -0.05) is 55.8 Å². The molecule has 0 N–H and O–H groups in total. The van der Waals surface area contributed by atoms with E-state index in [0.29, 0.717) is 31.6 Å². The van der Waals surface area contributed by atoms with Crippen molar-refractivity contribution in [3.8, 4) is 0 Å². The van der Waals surface area contributed by atoms with Crippen LogP contribution in [0.1, 0.15) is 60.1 Å². The zero-order valence-electron chi connectivity index (χ0n) is 17.4. The van der Waals surface area contributed by atoms with Crippen LogP contribution in [0.3, 0.4) is 0 Å². The molecule has 0 aliphatic carbocycles. The van der Waals surface area contributed by atoms with Gasteiger partial charge < -0.3 is 14.5 Å². The Balaban J connectivity index is 1.37. The smallest absolute Gasteiger partial charge is 0.254 e. The standard InChI is InChI=1S/C25H28N2O3/c1-2-3-7-18-10-12-20(13-11-18)24(29)26-15-14-25-22(26)16-23(28)27(25)21(17-30-25)19-8-5-4-6-9-19/h4-6,8-13,21-22H,2-3,7,14-17H2,1H3/t21-,22+,25-/m0/s1. The fraction of sp³-hybridized carbons (Fsp3) is 0.440. The summed E-state index contributed by atoms with van der Waals surface area (Å²) >= 11 is 0. The van der Waals surface area contributed by atoms with Gasteiger partial charge in [0, 0.05) is 18.5 Å². The second-order valence-corrected chi connectivity index (χ2v) is 8.61. The highest BCUT2D eigenvalue weighted by Crippen LogP contribution is 2.51. The van der Waals surface area contributed by atoms with E-state index in [9.17, 15) is 9.59 Å². The average Bonchev–Trinajstić information content (AvgIpc) is 3.41. The van der Waals surface area contributed by atoms with Gasteiger partial charge in [0.2, 0.25) is 5.91 Å². The first-order valence-corrected chi connectivity index (χ1v) is 11.0. The van der Waals surface area contributed by atoms with Crippen molar-refractivity contribution in [1.29, 1.82) is 0 Å². The molecule has 2 aromatic rings. The van der Waals surface area contributed by atoms with Gasteiger partial charge in [-0.15, -0.1) is 0 Å². The lowest BCUT2D eigenvalue weighted by Crippen LogP contribution is -2.49. The van der Waals surface area contributed by atoms with Gasteiger partial charge in [0.25, 0.3) is 5.91 Å². The maximum absolute atomic E-state index is 13.3. The fourth-order valence-electron chi connectivity index (χ4n) is 5.37. The van der Waals surface area contributed by atoms with Crippen molar-refractivity contribution in [2.24, 2.45) is 0 Å². The first-order valence-electron chi connectivity index (χ1n) is 11.0. The number of hydrogen-bond donors (Lipinski definition) is 0. The molecule has 5 nitrogen and oxygen atoms in total. The highest BCUT2D eigenvalue weighted by Gasteiger charge is 2.65. The number of aryl methyl sites for hydroxylation is 1. The van der Waals surface area contributed by atoms with E-state index in [0.717, 1.165) is 24.8 Å². The molecule has 156 valence electrons. The molecular formula is C25H28N2O3. The van der Waals surface area contributed by atoms with Crippen LogP contribution in [0.15, 0.2) is 54.6 Å². The quantitative estimate of drug-likeness (QED) is 0.758. The van der Waals surface area contributed by atoms with Crippen LogP contribution in [0, 0.1) is 0 Å². The molecule has 30 heavy (non-hydrogen) atoms. The van der Waals surface area contributed by atoms with Gasteiger partial charge in [-0.05, 0) is 36.1 Å². The Morgan fingerprint density at radius 2 is 1.90 bits per heavy atom. The second kappa shape index (κ2) is 7.55. The summed E-state index contributed by atoms with van der Waals surface area (Å²) in [7, 11) is 0. The van der Waals surface area contributed by atoms with Crippen LogP contribution < -0.4 is 0 Å². The minimum Gasteiger partial charge on any atom is -0.351 e. The van der Waals surface area contributed by atoms with Gasteiger partial charge in [-0.25, -0.2) is 0 Å². The van der Waals surface area contributed by atoms with Crippen LogP contribution in [0.25, 0.3) is 0 Å². The van der Waals surface area contributed by atoms with Crippen LogP contribution in [-0.4, -0.2) is 46.5 Å². The third kappa shape index (κ3) is 2.95. The summed E-state index contributed by atoms with van der Waals surface area (Å²) in [6.45, 7) is 3.29. The number of hydrogen-bond acceptors (Lipinski definition) is 3. The zero-order chi connectivity index (χ0) is 20.7. The molecule has 0 unspecified atom stereocenters. The van der Waals surface area contributed by atoms with Crippen molar-refractivity contribution in [1.82, 2.24) is 9.80 Å². The van der Waals surface area contributed by atoms with Gasteiger partial charge in [-0.2, -0.15) is 0 Å². The average molecular weight is 405 g/mol. The molecule has 3 aliphatic rings. The van der Waals surface area contributed by atoms with E-state index in [1.165, 1.54) is 5.56 Å². The third-order valence-corrected chi connectivity index (χ3v) is 6.92. The Labute approximate surface area is 177 Å². The minimum absolute atomic E-state index is 0.000303. The summed E-state index contributed by atoms with van der Waals surface area (Å²) in [6, 6.07) is 17.7. The van der Waals surface area contributed by atoms with Gasteiger partial charge >= 0.3 is 0 Å². The highest BCUT2D eigenvalue weighted by atomic mass is 16.5. The Hall–Kier alpha value is -2.66. The van der Waals surface area contributed by atoms with Crippen molar-refractivity contribution in [2.45, 2.75) is 56.8 Å². The summed E-state index contributed by atoms with van der Waals surface area (Å²) in [4.78, 5) is 30.1. The van der Waals surface area contributed by atoms with Crippen molar-refractivity contribution in [3.05, 3.63) is 71.3 Å². The summed E-state index contributed by atoms with van der Waals surface area (Å²) in [5, 5.41) is 0. The van der Waals surface area contributed by atoms with Crippen LogP contribution >= 0.6 is 0 Å². The molecule has 3 atom stereocenters. The first-order chi connectivity index (χ1) is 14.6. The predicted octanol–water partition coefficient (Wildman–Crippen LogP) is 3.94. The molecule has 5 heteroatoms. The summed E-state index contributed by atoms with van der Waals surface area (Å²) < 4.78 is 6.32. The number of unbranched alkanes of at least 4 members (excludes halogenated alkanes) is 1. The molecule has 0 saturated carbocycles. The molecule has 2 amide bonds. The van der Waals surface area contributed by atoms with E-state index in [1.54, 1.807) is 0 Å². The lowest BCUT2D eigenvalue weighted by atomic mass is 10.0. The third-order valence-electron chi connectivity index (χ3n) is 6.92. The number of carbonyl (C=O) groups excluding carboxylic acids is 2. The van der Waals surface area contributed by atoms with Gasteiger partial charge in [0.05, 0.1) is 25.1 Å². The Morgan fingerprint density at radius 1 is 1.13 bits per heavy atom. The normalized spacial score (nSPS) is 27.4. The molecular weight excluding hydrogens is 376 g/mol. The Bertz CT molecular complexity index is 943. The molecule has 0 aromatic heterocycles. The Morgan fingerprint density at radius 3 is 2.63 bits per heavy atom. The van der Waals surface area contributed by atoms with Gasteiger partial charge in [-0.3, -0.25) is 9.59 Å². The molecule has 3 aliphatic heterocycles. The van der Waals surface area contributed by atoms with Crippen LogP contribution in [0.4, 0.5) is 0 Å². The van der Waals surface area contributed by atoms with Crippen molar-refractivity contribution < 1.29 is 14.3 Å². The molecule has 1 spiro atoms. The zero-order valence-corrected chi connectivity index (χ0v) is 17.4. The van der Waals surface area contributed by atoms with Gasteiger partial charge in [0.15, 0.2) is 5.72 Å². The van der Waals surface area contributed by atoms with E-state index in [4.69, 9.17) is 4.74 Å². The molecule has 3 saturated heterocycles. The van der Waals surface area contributed by atoms with Crippen LogP contribution in [0.2, 0.25) is 0 Å². The maximum atomic E-state index is 13.3. The number of benzene rings is 2. The molecule has 0 bridgehead atoms. The number of amides is 2. The van der Waals surface area contributed by atoms with Crippen molar-refractivity contribution in [2.75, 3.05) is 13.2 Å². The number of nitrogens with zero attached hydrogens (tertiary/aromatic N) is 2. The van der Waals surface area contributed by atoms with Crippen molar-refractivity contribution in [3.63, 3.8) is 0 Å². The maximum Gasteiger partial charge on any atom is 0.254 e. The minimum atomic E-state index is -0.672. The van der Waals surface area contributed by atoms with Crippen LogP contribution in [-0.2, 0) is 16.0 Å². The van der Waals surface area contributed by atoms with E-state index < -0.39 is 5.72 Å². The van der Waals surface area contributed by atoms with E-state index >= 15 is 0 Å². The molecule has 5 rings (SSSR count). The van der Waals surface area contributed by atoms with E-state index in [2.05, 4.69) is 19.1 Å². The molecule has 3 heterocycles. The highest BCUT2D eigenvalue weighted by molar-refractivity contribution is 5.96. The van der Waals surface area contributed by atoms with Gasteiger partial charge in [0.1, 0.15) is 0 Å². The first kappa shape index (κ1) is 19.3. The molecule has 3 fully saturated rings. The van der Waals surface area contributed by atoms with E-state index in [1.807, 2.05) is 52.3 Å². The SMILES string of the molecule is CCCCc1ccc(C(=O)N2CC[C@@]34OC[C@@H](c5ccccc5)N3C(=O)C[C@@H]24)cc1. The number of carbonyl (C=O) groups is 2. The lowest BCUT2D eigenvalue weighted by Gasteiger charge is -2.33. The van der Waals surface area contributed by atoms with Crippen LogP contribution in [0.5, 0.6) is 0 Å². The summed E-state index contributed by atoms with van der Waals surface area (Å²) in [6.07, 6.45) is 4.37. The summed E-state index contributed by atoms with van der Waals surface area (Å²) in [5.74, 6) is 0.0825. The van der Waals surface area contributed by atoms with E-state index in [-0.39, 0.29) is 23.9 Å². The topological polar surface area (TPSA) is 49.9 Å². The predicted molar refractivity (Wildman–Crippen MR) is 114 cm³/mol. The largest absolute Gasteiger partial charge is 0.351 e. The number of rotatable bonds is 5. The molecule has 0 radical (unpaired) electrons. The Kier molecular flexibility index (Phi) is 4.86. The lowest BCUT2D eigenvalue weighted by molar-refractivity contribution is -0.138. The fourth-order valence-corrected chi connectivity index (χ4v) is 5.37. The number of ether oxygens (including phenoxy) is 1. The molecule has 2 aromatic carbocycles. The monoisotopic (exact) mass is 404 g/mol. The number of likely N-dealkylation sites (tertiary alicyclic amines) is 1. The second-order valence-electron chi connectivity index (χ2n) is 8.61. The summed E-state index contributed by atoms with van der Waals surface area (Å²) in [5.41, 5.74) is 2.37.